The van der Waals surface area contributed by atoms with Crippen molar-refractivity contribution in [1.29, 1.82) is 0 Å². The molecule has 10 heteroatoms. The van der Waals surface area contributed by atoms with Crippen molar-refractivity contribution in [3.63, 3.8) is 0 Å². The maximum Gasteiger partial charge on any atom is 0.217 e. The third kappa shape index (κ3) is 29.9. The first-order chi connectivity index (χ1) is 22.9. The number of carbonyl (C=O) groups excluding carboxylic acids is 4. The topological polar surface area (TPSA) is 224 Å². The highest BCUT2D eigenvalue weighted by Gasteiger charge is 2.30. The van der Waals surface area contributed by atoms with Gasteiger partial charge in [-0.3, -0.25) is 19.2 Å². The van der Waals surface area contributed by atoms with Crippen LogP contribution in [0, 0.1) is 17.8 Å². The fourth-order valence-electron chi connectivity index (χ4n) is 7.04. The fourth-order valence-corrected chi connectivity index (χ4v) is 7.04. The number of nitrogens with two attached hydrogens (primary N) is 6. The predicted octanol–water partition coefficient (Wildman–Crippen LogP) is 6.37. The highest BCUT2D eigenvalue weighted by Crippen LogP contribution is 2.39. The lowest BCUT2D eigenvalue weighted by atomic mass is 9.69. The molecule has 2 aliphatic carbocycles. The van der Waals surface area contributed by atoms with Crippen molar-refractivity contribution in [2.24, 2.45) is 52.2 Å². The first kappa shape index (κ1) is 45.8. The Hall–Kier alpha value is -2.20. The number of amides is 4. The molecule has 0 atom stereocenters. The van der Waals surface area contributed by atoms with Crippen LogP contribution < -0.4 is 34.4 Å². The van der Waals surface area contributed by atoms with E-state index in [1.54, 1.807) is 0 Å². The Morgan fingerprint density at radius 3 is 0.771 bits per heavy atom. The smallest absolute Gasteiger partial charge is 0.217 e. The average Bonchev–Trinajstić information content (AvgIpc) is 3.03. The molecule has 4 amide bonds. The summed E-state index contributed by atoms with van der Waals surface area (Å²) in [5.74, 6) is 1.98. The van der Waals surface area contributed by atoms with Gasteiger partial charge in [-0.05, 0) is 94.8 Å². The lowest BCUT2D eigenvalue weighted by Gasteiger charge is -2.38. The molecule has 2 fully saturated rings. The summed E-state index contributed by atoms with van der Waals surface area (Å²) in [6.45, 7) is 2.48. The van der Waals surface area contributed by atoms with Crippen molar-refractivity contribution in [2.45, 2.75) is 199 Å². The van der Waals surface area contributed by atoms with E-state index in [0.29, 0.717) is 37.8 Å². The van der Waals surface area contributed by atoms with Crippen molar-refractivity contribution >= 4 is 23.6 Å². The van der Waals surface area contributed by atoms with E-state index in [9.17, 15) is 19.2 Å². The lowest BCUT2D eigenvalue weighted by molar-refractivity contribution is -0.119. The summed E-state index contributed by atoms with van der Waals surface area (Å²) in [5, 5.41) is 0. The number of carbonyl (C=O) groups is 4. The van der Waals surface area contributed by atoms with Gasteiger partial charge in [0.15, 0.2) is 0 Å². The van der Waals surface area contributed by atoms with Crippen LogP contribution in [0.4, 0.5) is 0 Å². The summed E-state index contributed by atoms with van der Waals surface area (Å²) in [5.41, 5.74) is 32.1. The normalized spacial score (nSPS) is 21.1. The molecule has 12 N–H and O–H groups in total. The van der Waals surface area contributed by atoms with Gasteiger partial charge in [0, 0.05) is 37.8 Å². The van der Waals surface area contributed by atoms with Crippen LogP contribution in [0.3, 0.4) is 0 Å². The van der Waals surface area contributed by atoms with Crippen molar-refractivity contribution < 1.29 is 19.2 Å². The van der Waals surface area contributed by atoms with E-state index in [0.717, 1.165) is 69.1 Å². The Kier molecular flexibility index (Phi) is 29.4. The van der Waals surface area contributed by atoms with Gasteiger partial charge in [-0.25, -0.2) is 0 Å². The first-order valence-electron chi connectivity index (χ1n) is 19.6. The number of primary amides is 4. The lowest BCUT2D eigenvalue weighted by Crippen LogP contribution is -2.34. The second kappa shape index (κ2) is 30.8. The highest BCUT2D eigenvalue weighted by molar-refractivity contribution is 5.74. The molecule has 0 aromatic heterocycles. The van der Waals surface area contributed by atoms with Gasteiger partial charge >= 0.3 is 0 Å². The Labute approximate surface area is 293 Å². The number of hydrogen-bond donors (Lipinski definition) is 6. The van der Waals surface area contributed by atoms with Gasteiger partial charge in [0.05, 0.1) is 0 Å². The molecule has 0 heterocycles. The van der Waals surface area contributed by atoms with E-state index < -0.39 is 0 Å². The molecule has 10 nitrogen and oxygen atoms in total. The molecule has 0 radical (unpaired) electrons. The number of hydrogen-bond acceptors (Lipinski definition) is 6. The summed E-state index contributed by atoms with van der Waals surface area (Å²) in [7, 11) is 0. The van der Waals surface area contributed by atoms with Gasteiger partial charge in [0.25, 0.3) is 0 Å². The van der Waals surface area contributed by atoms with Crippen LogP contribution in [0.5, 0.6) is 0 Å². The summed E-state index contributed by atoms with van der Waals surface area (Å²) >= 11 is 0. The summed E-state index contributed by atoms with van der Waals surface area (Å²) in [4.78, 5) is 41.8. The van der Waals surface area contributed by atoms with Crippen LogP contribution >= 0.6 is 0 Å². The Morgan fingerprint density at radius 2 is 0.583 bits per heavy atom. The second-order valence-corrected chi connectivity index (χ2v) is 14.7. The van der Waals surface area contributed by atoms with Crippen molar-refractivity contribution in [3.05, 3.63) is 0 Å². The molecule has 0 unspecified atom stereocenters. The fraction of sp³-hybridized carbons (Fsp3) is 0.895. The minimum Gasteiger partial charge on any atom is -0.370 e. The van der Waals surface area contributed by atoms with Crippen LogP contribution in [0.1, 0.15) is 187 Å². The quantitative estimate of drug-likeness (QED) is 0.0634. The monoisotopic (exact) mass is 681 g/mol. The SMILES string of the molecule is CC(C1CCC(N)CC1)C1CCC(N)CC1.NC(=O)CCCCCCCCCCC(N)=O.NC(=O)CCCCCCCCCCC(N)=O. The summed E-state index contributed by atoms with van der Waals surface area (Å²) in [6.07, 6.45) is 30.0. The predicted molar refractivity (Wildman–Crippen MR) is 198 cm³/mol. The molecule has 0 saturated heterocycles. The zero-order valence-corrected chi connectivity index (χ0v) is 30.8. The van der Waals surface area contributed by atoms with Gasteiger partial charge in [-0.15, -0.1) is 0 Å². The molecule has 0 bridgehead atoms. The maximum atomic E-state index is 10.4. The van der Waals surface area contributed by atoms with E-state index in [-0.39, 0.29) is 23.6 Å². The van der Waals surface area contributed by atoms with E-state index in [1.165, 1.54) is 103 Å². The molecule has 0 aromatic carbocycles. The van der Waals surface area contributed by atoms with Gasteiger partial charge < -0.3 is 34.4 Å². The molecule has 2 saturated carbocycles. The molecule has 0 spiro atoms. The molecular weight excluding hydrogens is 604 g/mol. The molecule has 48 heavy (non-hydrogen) atoms. The molecule has 282 valence electrons. The van der Waals surface area contributed by atoms with Crippen LogP contribution in [-0.2, 0) is 19.2 Å². The van der Waals surface area contributed by atoms with Crippen LogP contribution in [-0.4, -0.2) is 35.7 Å². The van der Waals surface area contributed by atoms with E-state index >= 15 is 0 Å². The minimum atomic E-state index is -0.202. The first-order valence-corrected chi connectivity index (χ1v) is 19.6. The third-order valence-corrected chi connectivity index (χ3v) is 10.3. The number of unbranched alkanes of at least 4 members (excludes halogenated alkanes) is 14. The standard InChI is InChI=1S/C14H28N2.2C12H24N2O2/c1-10(11-2-6-13(15)7-3-11)12-4-8-14(16)9-5-12;2*13-11(15)9-7-5-3-1-2-4-6-8-10-12(14)16/h10-14H,2-9,15-16H2,1H3;2*1-10H2,(H2,13,15)(H2,14,16). The van der Waals surface area contributed by atoms with E-state index in [4.69, 9.17) is 34.4 Å². The van der Waals surface area contributed by atoms with Gasteiger partial charge in [0.1, 0.15) is 0 Å². The molecule has 2 aliphatic rings. The summed E-state index contributed by atoms with van der Waals surface area (Å²) in [6, 6.07) is 0.978. The van der Waals surface area contributed by atoms with E-state index in [2.05, 4.69) is 6.92 Å². The van der Waals surface area contributed by atoms with Crippen LogP contribution in [0.15, 0.2) is 0 Å². The average molecular weight is 681 g/mol. The van der Waals surface area contributed by atoms with Crippen molar-refractivity contribution in [2.75, 3.05) is 0 Å². The zero-order valence-electron chi connectivity index (χ0n) is 30.8. The van der Waals surface area contributed by atoms with Crippen LogP contribution in [0.25, 0.3) is 0 Å². The zero-order chi connectivity index (χ0) is 36.0. The minimum absolute atomic E-state index is 0.202. The number of rotatable bonds is 24. The van der Waals surface area contributed by atoms with Gasteiger partial charge in [0.2, 0.25) is 23.6 Å². The van der Waals surface area contributed by atoms with Gasteiger partial charge in [-0.2, -0.15) is 0 Å². The maximum absolute atomic E-state index is 10.4. The van der Waals surface area contributed by atoms with Gasteiger partial charge in [-0.1, -0.05) is 84.0 Å². The highest BCUT2D eigenvalue weighted by atomic mass is 16.2. The molecular formula is C38H76N6O4. The largest absolute Gasteiger partial charge is 0.370 e. The Morgan fingerprint density at radius 1 is 0.396 bits per heavy atom. The Balaban J connectivity index is 0.000000690. The van der Waals surface area contributed by atoms with Crippen molar-refractivity contribution in [3.8, 4) is 0 Å². The molecule has 0 aromatic rings. The van der Waals surface area contributed by atoms with E-state index in [1.807, 2.05) is 0 Å². The molecule has 2 rings (SSSR count). The Bertz CT molecular complexity index is 716. The molecule has 0 aliphatic heterocycles. The van der Waals surface area contributed by atoms with Crippen LogP contribution in [0.2, 0.25) is 0 Å². The van der Waals surface area contributed by atoms with Crippen molar-refractivity contribution in [1.82, 2.24) is 0 Å². The second-order valence-electron chi connectivity index (χ2n) is 14.7. The third-order valence-electron chi connectivity index (χ3n) is 10.3. The summed E-state index contributed by atoms with van der Waals surface area (Å²) < 4.78 is 0.